The largest absolute Gasteiger partial charge is 0.352 e. The van der Waals surface area contributed by atoms with Crippen LogP contribution in [0.25, 0.3) is 11.2 Å². The van der Waals surface area contributed by atoms with E-state index in [1.165, 1.54) is 24.3 Å². The Hall–Kier alpha value is -3.75. The van der Waals surface area contributed by atoms with Crippen molar-refractivity contribution in [2.45, 2.75) is 25.4 Å². The van der Waals surface area contributed by atoms with Crippen molar-refractivity contribution in [3.8, 4) is 0 Å². The number of carbonyl (C=O) groups is 1. The van der Waals surface area contributed by atoms with Gasteiger partial charge in [-0.25, -0.2) is 19.2 Å². The standard InChI is InChI=1S/C22H23FN6O2/c1-2-12-29-19-18(4-3-11-24-19)27-20(21(29)30)28-13-9-17(10-14-28)26-22(31)25-16-7-5-15(23)6-8-16/h2-8,11,17H,1,9-10,12-14H2,(H2,25,26,31). The molecule has 160 valence electrons. The van der Waals surface area contributed by atoms with Crippen LogP contribution in [0.1, 0.15) is 12.8 Å². The summed E-state index contributed by atoms with van der Waals surface area (Å²) in [7, 11) is 0. The van der Waals surface area contributed by atoms with Gasteiger partial charge in [-0.1, -0.05) is 6.08 Å². The van der Waals surface area contributed by atoms with Crippen molar-refractivity contribution in [1.82, 2.24) is 19.9 Å². The molecule has 0 unspecified atom stereocenters. The third-order valence-corrected chi connectivity index (χ3v) is 5.23. The van der Waals surface area contributed by atoms with Crippen molar-refractivity contribution in [2.75, 3.05) is 23.3 Å². The molecular formula is C22H23FN6O2. The van der Waals surface area contributed by atoms with Crippen LogP contribution in [0, 0.1) is 5.82 Å². The van der Waals surface area contributed by atoms with Gasteiger partial charge in [0.05, 0.1) is 0 Å². The van der Waals surface area contributed by atoms with Crippen molar-refractivity contribution in [2.24, 2.45) is 0 Å². The number of hydrogen-bond acceptors (Lipinski definition) is 5. The fourth-order valence-corrected chi connectivity index (χ4v) is 3.69. The molecule has 1 saturated heterocycles. The molecule has 1 aromatic carbocycles. The molecule has 0 bridgehead atoms. The number of allylic oxidation sites excluding steroid dienone is 1. The molecule has 1 fully saturated rings. The van der Waals surface area contributed by atoms with Gasteiger partial charge in [0.2, 0.25) is 0 Å². The first kappa shape index (κ1) is 20.5. The summed E-state index contributed by atoms with van der Waals surface area (Å²) in [6.45, 7) is 5.26. The van der Waals surface area contributed by atoms with E-state index in [-0.39, 0.29) is 23.4 Å². The number of pyridine rings is 1. The second-order valence-electron chi connectivity index (χ2n) is 7.35. The number of fused-ring (bicyclic) bond motifs is 1. The molecule has 2 N–H and O–H groups in total. The minimum atomic E-state index is -0.358. The maximum absolute atomic E-state index is 13.0. The minimum Gasteiger partial charge on any atom is -0.352 e. The highest BCUT2D eigenvalue weighted by Gasteiger charge is 2.24. The van der Waals surface area contributed by atoms with Crippen LogP contribution < -0.4 is 21.1 Å². The highest BCUT2D eigenvalue weighted by Crippen LogP contribution is 2.18. The highest BCUT2D eigenvalue weighted by molar-refractivity contribution is 5.89. The van der Waals surface area contributed by atoms with Crippen LogP contribution in [0.4, 0.5) is 20.7 Å². The van der Waals surface area contributed by atoms with Gasteiger partial charge in [0, 0.05) is 37.6 Å². The molecule has 1 aliphatic heterocycles. The van der Waals surface area contributed by atoms with Crippen LogP contribution in [0.5, 0.6) is 0 Å². The first-order valence-corrected chi connectivity index (χ1v) is 10.1. The lowest BCUT2D eigenvalue weighted by molar-refractivity contribution is 0.246. The Morgan fingerprint density at radius 1 is 1.23 bits per heavy atom. The van der Waals surface area contributed by atoms with Gasteiger partial charge >= 0.3 is 6.03 Å². The number of urea groups is 1. The minimum absolute atomic E-state index is 0.0331. The quantitative estimate of drug-likeness (QED) is 0.617. The van der Waals surface area contributed by atoms with E-state index in [1.807, 2.05) is 11.0 Å². The van der Waals surface area contributed by atoms with E-state index in [2.05, 4.69) is 27.2 Å². The van der Waals surface area contributed by atoms with Crippen LogP contribution in [0.3, 0.4) is 0 Å². The molecule has 0 atom stereocenters. The zero-order valence-corrected chi connectivity index (χ0v) is 16.9. The number of aromatic nitrogens is 3. The fraction of sp³-hybridized carbons (Fsp3) is 0.273. The van der Waals surface area contributed by atoms with Gasteiger partial charge in [-0.15, -0.1) is 6.58 Å². The lowest BCUT2D eigenvalue weighted by Gasteiger charge is -2.33. The topological polar surface area (TPSA) is 92.2 Å². The van der Waals surface area contributed by atoms with E-state index in [0.29, 0.717) is 55.1 Å². The van der Waals surface area contributed by atoms with Crippen molar-refractivity contribution in [3.63, 3.8) is 0 Å². The lowest BCUT2D eigenvalue weighted by Crippen LogP contribution is -2.47. The average molecular weight is 422 g/mol. The summed E-state index contributed by atoms with van der Waals surface area (Å²) in [5, 5.41) is 5.63. The number of nitrogens with zero attached hydrogens (tertiary/aromatic N) is 4. The molecule has 9 heteroatoms. The van der Waals surface area contributed by atoms with Crippen LogP contribution in [-0.4, -0.2) is 39.7 Å². The Morgan fingerprint density at radius 3 is 2.68 bits per heavy atom. The Kier molecular flexibility index (Phi) is 5.92. The molecule has 1 aliphatic rings. The van der Waals surface area contributed by atoms with Gasteiger partial charge in [-0.3, -0.25) is 9.36 Å². The van der Waals surface area contributed by atoms with Crippen LogP contribution in [0.2, 0.25) is 0 Å². The maximum atomic E-state index is 13.0. The Balaban J connectivity index is 1.43. The summed E-state index contributed by atoms with van der Waals surface area (Å²) in [6.07, 6.45) is 4.64. The molecule has 0 radical (unpaired) electrons. The van der Waals surface area contributed by atoms with E-state index >= 15 is 0 Å². The Labute approximate surface area is 178 Å². The summed E-state index contributed by atoms with van der Waals surface area (Å²) >= 11 is 0. The summed E-state index contributed by atoms with van der Waals surface area (Å²) in [4.78, 5) is 36.0. The molecule has 8 nitrogen and oxygen atoms in total. The Morgan fingerprint density at radius 2 is 1.97 bits per heavy atom. The monoisotopic (exact) mass is 422 g/mol. The van der Waals surface area contributed by atoms with E-state index in [0.717, 1.165) is 0 Å². The number of carbonyl (C=O) groups excluding carboxylic acids is 1. The van der Waals surface area contributed by atoms with Gasteiger partial charge in [0.15, 0.2) is 11.5 Å². The molecule has 4 rings (SSSR count). The van der Waals surface area contributed by atoms with Crippen molar-refractivity contribution < 1.29 is 9.18 Å². The maximum Gasteiger partial charge on any atom is 0.319 e. The van der Waals surface area contributed by atoms with Crippen LogP contribution in [-0.2, 0) is 6.54 Å². The average Bonchev–Trinajstić information content (AvgIpc) is 2.78. The second-order valence-corrected chi connectivity index (χ2v) is 7.35. The number of nitrogens with one attached hydrogen (secondary N) is 2. The summed E-state index contributed by atoms with van der Waals surface area (Å²) in [5.74, 6) is 0.0279. The molecule has 0 saturated carbocycles. The Bertz CT molecular complexity index is 1150. The number of piperidine rings is 1. The van der Waals surface area contributed by atoms with Crippen LogP contribution in [0.15, 0.2) is 60.0 Å². The number of anilines is 2. The summed E-state index contributed by atoms with van der Waals surface area (Å²) in [5.41, 5.74) is 1.50. The van der Waals surface area contributed by atoms with Gasteiger partial charge in [0.25, 0.3) is 5.56 Å². The lowest BCUT2D eigenvalue weighted by atomic mass is 10.1. The molecule has 3 aromatic rings. The fourth-order valence-electron chi connectivity index (χ4n) is 3.69. The van der Waals surface area contributed by atoms with Gasteiger partial charge < -0.3 is 15.5 Å². The van der Waals surface area contributed by atoms with E-state index in [1.54, 1.807) is 22.9 Å². The van der Waals surface area contributed by atoms with Crippen molar-refractivity contribution >= 4 is 28.7 Å². The van der Waals surface area contributed by atoms with Gasteiger partial charge in [-0.05, 0) is 49.2 Å². The first-order chi connectivity index (χ1) is 15.0. The third kappa shape index (κ3) is 4.55. The van der Waals surface area contributed by atoms with Crippen molar-refractivity contribution in [3.05, 3.63) is 71.4 Å². The number of amides is 2. The summed E-state index contributed by atoms with van der Waals surface area (Å²) < 4.78 is 14.6. The molecule has 2 amide bonds. The molecule has 0 aliphatic carbocycles. The van der Waals surface area contributed by atoms with E-state index in [4.69, 9.17) is 0 Å². The highest BCUT2D eigenvalue weighted by atomic mass is 19.1. The van der Waals surface area contributed by atoms with E-state index < -0.39 is 0 Å². The van der Waals surface area contributed by atoms with Gasteiger partial charge in [-0.2, -0.15) is 0 Å². The van der Waals surface area contributed by atoms with Gasteiger partial charge in [0.1, 0.15) is 11.3 Å². The number of halogens is 1. The molecule has 3 heterocycles. The zero-order valence-electron chi connectivity index (χ0n) is 16.9. The van der Waals surface area contributed by atoms with Crippen LogP contribution >= 0.6 is 0 Å². The summed E-state index contributed by atoms with van der Waals surface area (Å²) in [6, 6.07) is 8.84. The normalized spacial score (nSPS) is 14.4. The molecular weight excluding hydrogens is 399 g/mol. The number of hydrogen-bond donors (Lipinski definition) is 2. The molecule has 2 aromatic heterocycles. The molecule has 31 heavy (non-hydrogen) atoms. The van der Waals surface area contributed by atoms with E-state index in [9.17, 15) is 14.0 Å². The number of rotatable bonds is 5. The third-order valence-electron chi connectivity index (χ3n) is 5.23. The van der Waals surface area contributed by atoms with Crippen molar-refractivity contribution in [1.29, 1.82) is 0 Å². The smallest absolute Gasteiger partial charge is 0.319 e. The SMILES string of the molecule is C=CCn1c(=O)c(N2CCC(NC(=O)Nc3ccc(F)cc3)CC2)nc2cccnc21. The second kappa shape index (κ2) is 8.95. The predicted molar refractivity (Wildman–Crippen MR) is 118 cm³/mol. The first-order valence-electron chi connectivity index (χ1n) is 10.1. The number of benzene rings is 1. The molecule has 0 spiro atoms. The predicted octanol–water partition coefficient (Wildman–Crippen LogP) is 2.91. The zero-order chi connectivity index (χ0) is 21.8.